The number of esters is 1. The van der Waals surface area contributed by atoms with E-state index in [0.717, 1.165) is 0 Å². The van der Waals surface area contributed by atoms with Gasteiger partial charge in [0.2, 0.25) is 5.91 Å². The second-order valence-corrected chi connectivity index (χ2v) is 7.40. The molecule has 0 saturated carbocycles. The van der Waals surface area contributed by atoms with Gasteiger partial charge in [0.15, 0.2) is 9.84 Å². The lowest BCUT2D eigenvalue weighted by Gasteiger charge is -2.23. The van der Waals surface area contributed by atoms with Crippen LogP contribution in [0.5, 0.6) is 0 Å². The third kappa shape index (κ3) is 6.43. The first-order valence-corrected chi connectivity index (χ1v) is 8.74. The number of methoxy groups -OCH3 is 2. The zero-order valence-corrected chi connectivity index (χ0v) is 13.4. The van der Waals surface area contributed by atoms with Crippen LogP contribution in [-0.2, 0) is 28.9 Å². The van der Waals surface area contributed by atoms with Gasteiger partial charge in [0.1, 0.15) is 0 Å². The second kappa shape index (κ2) is 8.33. The topological polar surface area (TPSA) is 90.0 Å². The Balaban J connectivity index is 2.52. The van der Waals surface area contributed by atoms with Crippen LogP contribution in [0.4, 0.5) is 0 Å². The average Bonchev–Trinajstić information content (AvgIpc) is 2.77. The molecule has 0 bridgehead atoms. The largest absolute Gasteiger partial charge is 0.469 e. The molecular weight excluding hydrogens is 298 g/mol. The molecule has 0 aromatic rings. The van der Waals surface area contributed by atoms with Crippen LogP contribution in [0.25, 0.3) is 0 Å². The molecule has 0 aliphatic carbocycles. The summed E-state index contributed by atoms with van der Waals surface area (Å²) in [6.07, 6.45) is 0.849. The third-order valence-electron chi connectivity index (χ3n) is 3.52. The highest BCUT2D eigenvalue weighted by Gasteiger charge is 2.30. The van der Waals surface area contributed by atoms with E-state index in [-0.39, 0.29) is 48.7 Å². The summed E-state index contributed by atoms with van der Waals surface area (Å²) in [5.74, 6) is -0.406. The Morgan fingerprint density at radius 1 is 1.24 bits per heavy atom. The van der Waals surface area contributed by atoms with E-state index in [1.807, 2.05) is 0 Å². The van der Waals surface area contributed by atoms with E-state index >= 15 is 0 Å². The minimum atomic E-state index is -2.98. The van der Waals surface area contributed by atoms with Crippen molar-refractivity contribution >= 4 is 21.7 Å². The molecule has 7 nitrogen and oxygen atoms in total. The fraction of sp³-hybridized carbons (Fsp3) is 0.846. The second-order valence-electron chi connectivity index (χ2n) is 5.17. The molecule has 0 radical (unpaired) electrons. The highest BCUT2D eigenvalue weighted by molar-refractivity contribution is 7.91. The van der Waals surface area contributed by atoms with Crippen LogP contribution >= 0.6 is 0 Å². The molecule has 1 heterocycles. The fourth-order valence-electron chi connectivity index (χ4n) is 2.30. The van der Waals surface area contributed by atoms with Gasteiger partial charge in [-0.05, 0) is 12.3 Å². The number of carbonyl (C=O) groups is 2. The molecule has 1 fully saturated rings. The van der Waals surface area contributed by atoms with Crippen LogP contribution < -0.4 is 0 Å². The van der Waals surface area contributed by atoms with Crippen molar-refractivity contribution in [3.8, 4) is 0 Å². The molecule has 122 valence electrons. The van der Waals surface area contributed by atoms with Crippen molar-refractivity contribution in [1.82, 2.24) is 4.90 Å². The highest BCUT2D eigenvalue weighted by Crippen LogP contribution is 2.22. The molecule has 0 aromatic carbocycles. The van der Waals surface area contributed by atoms with Gasteiger partial charge in [0.25, 0.3) is 0 Å². The number of carbonyl (C=O) groups excluding carboxylic acids is 2. The number of amides is 1. The summed E-state index contributed by atoms with van der Waals surface area (Å²) in [6.45, 7) is 1.01. The van der Waals surface area contributed by atoms with Gasteiger partial charge in [-0.2, -0.15) is 0 Å². The first kappa shape index (κ1) is 17.9. The number of hydrogen-bond donors (Lipinski definition) is 0. The molecule has 21 heavy (non-hydrogen) atoms. The summed E-state index contributed by atoms with van der Waals surface area (Å²) < 4.78 is 32.3. The Morgan fingerprint density at radius 3 is 2.48 bits per heavy atom. The van der Waals surface area contributed by atoms with Gasteiger partial charge in [-0.25, -0.2) is 8.42 Å². The molecule has 8 heteroatoms. The van der Waals surface area contributed by atoms with Gasteiger partial charge in [0, 0.05) is 26.6 Å². The van der Waals surface area contributed by atoms with E-state index in [1.54, 1.807) is 0 Å². The van der Waals surface area contributed by atoms with Gasteiger partial charge >= 0.3 is 5.97 Å². The maximum Gasteiger partial charge on any atom is 0.307 e. The molecule has 1 amide bonds. The molecule has 1 rings (SSSR count). The zero-order valence-electron chi connectivity index (χ0n) is 12.5. The molecule has 0 N–H and O–H groups in total. The predicted octanol–water partition coefficient (Wildman–Crippen LogP) is -0.151. The van der Waals surface area contributed by atoms with E-state index in [4.69, 9.17) is 4.74 Å². The van der Waals surface area contributed by atoms with Gasteiger partial charge < -0.3 is 14.4 Å². The van der Waals surface area contributed by atoms with Gasteiger partial charge in [-0.15, -0.1) is 0 Å². The van der Waals surface area contributed by atoms with E-state index in [0.29, 0.717) is 19.6 Å². The molecule has 1 aliphatic heterocycles. The van der Waals surface area contributed by atoms with Crippen LogP contribution in [-0.4, -0.2) is 70.6 Å². The molecule has 1 unspecified atom stereocenters. The lowest BCUT2D eigenvalue weighted by molar-refractivity contribution is -0.142. The molecule has 1 saturated heterocycles. The third-order valence-corrected chi connectivity index (χ3v) is 5.36. The number of nitrogens with zero attached hydrogens (tertiary/aromatic N) is 1. The van der Waals surface area contributed by atoms with Crippen molar-refractivity contribution in [3.05, 3.63) is 0 Å². The summed E-state index contributed by atoms with van der Waals surface area (Å²) in [7, 11) is -0.150. The summed E-state index contributed by atoms with van der Waals surface area (Å²) in [5, 5.41) is 0. The van der Waals surface area contributed by atoms with Crippen LogP contribution in [0, 0.1) is 5.92 Å². The van der Waals surface area contributed by atoms with Gasteiger partial charge in [0.05, 0.1) is 31.6 Å². The van der Waals surface area contributed by atoms with E-state index in [9.17, 15) is 18.0 Å². The van der Waals surface area contributed by atoms with E-state index in [1.165, 1.54) is 19.1 Å². The number of sulfone groups is 1. The predicted molar refractivity (Wildman–Crippen MR) is 76.5 cm³/mol. The summed E-state index contributed by atoms with van der Waals surface area (Å²) >= 11 is 0. The van der Waals surface area contributed by atoms with Crippen molar-refractivity contribution in [3.63, 3.8) is 0 Å². The zero-order chi connectivity index (χ0) is 15.9. The minimum Gasteiger partial charge on any atom is -0.469 e. The first-order chi connectivity index (χ1) is 9.88. The number of hydrogen-bond acceptors (Lipinski definition) is 6. The van der Waals surface area contributed by atoms with Crippen molar-refractivity contribution in [2.75, 3.05) is 45.4 Å². The summed E-state index contributed by atoms with van der Waals surface area (Å²) in [6, 6.07) is 0. The average molecular weight is 321 g/mol. The molecule has 1 atom stereocenters. The normalized spacial score (nSPS) is 20.2. The van der Waals surface area contributed by atoms with Crippen molar-refractivity contribution in [2.45, 2.75) is 19.3 Å². The number of ether oxygens (including phenoxy) is 2. The van der Waals surface area contributed by atoms with Crippen LogP contribution in [0.3, 0.4) is 0 Å². The molecule has 0 aromatic heterocycles. The Labute approximate surface area is 125 Å². The maximum absolute atomic E-state index is 12.2. The fourth-order valence-corrected chi connectivity index (χ4v) is 4.16. The standard InChI is InChI=1S/C13H23NO6S/c1-19-7-6-14(5-3-13(16)20-2)12(15)9-11-4-8-21(17,18)10-11/h11H,3-10H2,1-2H3. The SMILES string of the molecule is COCCN(CCC(=O)OC)C(=O)CC1CCS(=O)(=O)C1. The lowest BCUT2D eigenvalue weighted by atomic mass is 10.0. The summed E-state index contributed by atoms with van der Waals surface area (Å²) in [5.41, 5.74) is 0. The van der Waals surface area contributed by atoms with Crippen LogP contribution in [0.1, 0.15) is 19.3 Å². The summed E-state index contributed by atoms with van der Waals surface area (Å²) in [4.78, 5) is 24.9. The maximum atomic E-state index is 12.2. The van der Waals surface area contributed by atoms with Gasteiger partial charge in [-0.3, -0.25) is 9.59 Å². The molecule has 0 spiro atoms. The lowest BCUT2D eigenvalue weighted by Crippen LogP contribution is -2.36. The van der Waals surface area contributed by atoms with Crippen molar-refractivity contribution < 1.29 is 27.5 Å². The van der Waals surface area contributed by atoms with Crippen LogP contribution in [0.2, 0.25) is 0 Å². The molecule has 1 aliphatic rings. The highest BCUT2D eigenvalue weighted by atomic mass is 32.2. The monoisotopic (exact) mass is 321 g/mol. The van der Waals surface area contributed by atoms with Crippen molar-refractivity contribution in [1.29, 1.82) is 0 Å². The van der Waals surface area contributed by atoms with Crippen LogP contribution in [0.15, 0.2) is 0 Å². The first-order valence-electron chi connectivity index (χ1n) is 6.92. The Morgan fingerprint density at radius 2 is 1.95 bits per heavy atom. The Hall–Kier alpha value is -1.15. The van der Waals surface area contributed by atoms with E-state index in [2.05, 4.69) is 4.74 Å². The number of rotatable bonds is 8. The van der Waals surface area contributed by atoms with Gasteiger partial charge in [-0.1, -0.05) is 0 Å². The Kier molecular flexibility index (Phi) is 7.10. The van der Waals surface area contributed by atoms with Crippen molar-refractivity contribution in [2.24, 2.45) is 5.92 Å². The molecular formula is C13H23NO6S. The minimum absolute atomic E-state index is 0.0772. The smallest absolute Gasteiger partial charge is 0.307 e. The quantitative estimate of drug-likeness (QED) is 0.578. The van der Waals surface area contributed by atoms with E-state index < -0.39 is 9.84 Å². The Bertz CT molecular complexity index is 461.